The van der Waals surface area contributed by atoms with Gasteiger partial charge in [-0.1, -0.05) is 0 Å². The first-order valence-corrected chi connectivity index (χ1v) is 16.1. The van der Waals surface area contributed by atoms with Gasteiger partial charge in [-0.05, 0) is 0 Å². The summed E-state index contributed by atoms with van der Waals surface area (Å²) in [5.74, 6) is -1.44. The second kappa shape index (κ2) is 18.0. The van der Waals surface area contributed by atoms with Gasteiger partial charge in [0.2, 0.25) is 11.8 Å². The third kappa shape index (κ3) is 9.11. The maximum Gasteiger partial charge on any atom is 0.217 e. The van der Waals surface area contributed by atoms with E-state index in [1.165, 1.54) is 0 Å². The van der Waals surface area contributed by atoms with Gasteiger partial charge in [0.25, 0.3) is 0 Å². The van der Waals surface area contributed by atoms with Crippen molar-refractivity contribution in [3.8, 4) is 0 Å². The van der Waals surface area contributed by atoms with E-state index < -0.39 is 161 Å². The number of aliphatic hydroxyl groups is 12. The van der Waals surface area contributed by atoms with Crippen LogP contribution in [0.25, 0.3) is 0 Å². The van der Waals surface area contributed by atoms with Gasteiger partial charge in [0.1, 0.15) is 97.5 Å². The van der Waals surface area contributed by atoms with Crippen molar-refractivity contribution in [2.75, 3.05) is 26.4 Å². The molecular weight excluding hydrogens is 700 g/mol. The molecule has 296 valence electrons. The summed E-state index contributed by atoms with van der Waals surface area (Å²) in [5, 5.41) is 129. The van der Waals surface area contributed by atoms with E-state index in [1.54, 1.807) is 0 Å². The quantitative estimate of drug-likeness (QED) is 0.0881. The monoisotopic (exact) mass is 748 g/mol. The fourth-order valence-electron chi connectivity index (χ4n) is 6.35. The maximum atomic E-state index is 12.3. The van der Waals surface area contributed by atoms with Gasteiger partial charge in [-0.25, -0.2) is 0 Å². The third-order valence-electron chi connectivity index (χ3n) is 9.01. The Labute approximate surface area is 289 Å². The van der Waals surface area contributed by atoms with Crippen LogP contribution in [0, 0.1) is 0 Å². The highest BCUT2D eigenvalue weighted by molar-refractivity contribution is 5.73. The van der Waals surface area contributed by atoms with Crippen LogP contribution in [-0.4, -0.2) is 222 Å². The van der Waals surface area contributed by atoms with Crippen LogP contribution in [0.3, 0.4) is 0 Å². The van der Waals surface area contributed by atoms with Gasteiger partial charge in [-0.2, -0.15) is 0 Å². The smallest absolute Gasteiger partial charge is 0.217 e. The van der Waals surface area contributed by atoms with Crippen LogP contribution in [0.1, 0.15) is 13.8 Å². The average molecular weight is 749 g/mol. The zero-order chi connectivity index (χ0) is 37.9. The van der Waals surface area contributed by atoms with Crippen molar-refractivity contribution in [1.82, 2.24) is 10.6 Å². The molecule has 2 amide bonds. The van der Waals surface area contributed by atoms with Gasteiger partial charge in [-0.15, -0.1) is 0 Å². The first-order chi connectivity index (χ1) is 24.1. The number of ether oxygens (including phenoxy) is 7. The van der Waals surface area contributed by atoms with Crippen LogP contribution >= 0.6 is 0 Å². The number of hydrogen-bond acceptors (Lipinski definition) is 21. The molecule has 4 heterocycles. The van der Waals surface area contributed by atoms with E-state index in [4.69, 9.17) is 33.2 Å². The molecule has 51 heavy (non-hydrogen) atoms. The van der Waals surface area contributed by atoms with Crippen molar-refractivity contribution in [3.63, 3.8) is 0 Å². The molecule has 0 aromatic heterocycles. The Morgan fingerprint density at radius 3 is 1.39 bits per heavy atom. The first-order valence-electron chi connectivity index (χ1n) is 16.1. The van der Waals surface area contributed by atoms with Crippen LogP contribution in [0.15, 0.2) is 0 Å². The fraction of sp³-hybridized carbons (Fsp3) is 0.929. The largest absolute Gasteiger partial charge is 0.394 e. The molecule has 4 saturated heterocycles. The highest BCUT2D eigenvalue weighted by Gasteiger charge is 2.55. The number of carbonyl (C=O) groups is 2. The topological polar surface area (TPSA) is 366 Å². The van der Waals surface area contributed by atoms with Gasteiger partial charge >= 0.3 is 0 Å². The summed E-state index contributed by atoms with van der Waals surface area (Å²) in [5.41, 5.74) is 0. The Balaban J connectivity index is 1.58. The zero-order valence-corrected chi connectivity index (χ0v) is 27.4. The van der Waals surface area contributed by atoms with Crippen molar-refractivity contribution in [2.45, 2.75) is 137 Å². The first kappa shape index (κ1) is 41.9. The molecule has 4 aliphatic rings. The van der Waals surface area contributed by atoms with Crippen molar-refractivity contribution in [1.29, 1.82) is 0 Å². The highest BCUT2D eigenvalue weighted by atomic mass is 16.8. The second-order valence-corrected chi connectivity index (χ2v) is 12.6. The molecule has 0 radical (unpaired) electrons. The number of rotatable bonds is 12. The average Bonchev–Trinajstić information content (AvgIpc) is 3.09. The number of nitrogens with one attached hydrogen (secondary N) is 2. The van der Waals surface area contributed by atoms with E-state index in [2.05, 4.69) is 10.6 Å². The number of hydrogen-bond donors (Lipinski definition) is 14. The molecule has 0 unspecified atom stereocenters. The van der Waals surface area contributed by atoms with Gasteiger partial charge in [0.05, 0.1) is 26.4 Å². The summed E-state index contributed by atoms with van der Waals surface area (Å²) in [7, 11) is 0. The lowest BCUT2D eigenvalue weighted by Crippen LogP contribution is -2.70. The Morgan fingerprint density at radius 2 is 0.882 bits per heavy atom. The molecule has 14 N–H and O–H groups in total. The molecule has 4 aliphatic heterocycles. The number of amides is 2. The molecule has 0 spiro atoms. The third-order valence-corrected chi connectivity index (χ3v) is 9.01. The Morgan fingerprint density at radius 1 is 0.471 bits per heavy atom. The van der Waals surface area contributed by atoms with Crippen LogP contribution < -0.4 is 10.6 Å². The Kier molecular flexibility index (Phi) is 14.8. The van der Waals surface area contributed by atoms with E-state index in [1.807, 2.05) is 0 Å². The Hall–Kier alpha value is -1.82. The van der Waals surface area contributed by atoms with Gasteiger partial charge < -0.3 is 105 Å². The predicted octanol–water partition coefficient (Wildman–Crippen LogP) is -9.46. The SMILES string of the molecule is CC(=O)N[C@H]1[C@H](O[C@H]2[C@H](O)[C@@H](O)[C@H](O[C@H]3[C@H](O)[C@@H](CO)O[C@@H](O[C@H]4[C@H](O)[C@@H](O)[C@H](O)O[C@@H]4CO)[C@@H]3NC(C)=O)O[C@@H]2CO)O[C@H](CO)[C@@H](O)[C@@H]1O. The minimum absolute atomic E-state index is 0.683. The molecule has 23 nitrogen and oxygen atoms in total. The van der Waals surface area contributed by atoms with Gasteiger partial charge in [0.15, 0.2) is 25.2 Å². The second-order valence-electron chi connectivity index (χ2n) is 12.6. The summed E-state index contributed by atoms with van der Waals surface area (Å²) >= 11 is 0. The standard InChI is InChI=1S/C28H48N2O21/c1-7(35)29-13-17(39)15(37)9(3-31)46-26(13)49-23-12(6-34)48-28(21(43)19(23)41)51-24-14(30-8(2)36)27(47-10(4-32)16(24)38)50-22-11(5-33)45-25(44)20(42)18(22)40/h9-28,31-34,37-44H,3-6H2,1-2H3,(H,29,35)(H,30,36)/t9-,10-,11-,12-,13-,14-,15-,16-,17-,18-,19-,20-,21-,22-,23-,24-,25-,26+,27+,28+/m1/s1. The lowest BCUT2D eigenvalue weighted by molar-refractivity contribution is -0.374. The normalized spacial score (nSPS) is 47.8. The van der Waals surface area contributed by atoms with E-state index in [-0.39, 0.29) is 0 Å². The minimum atomic E-state index is -2.08. The predicted molar refractivity (Wildman–Crippen MR) is 157 cm³/mol. The lowest BCUT2D eigenvalue weighted by Gasteiger charge is -2.50. The number of aliphatic hydroxyl groups excluding tert-OH is 12. The lowest BCUT2D eigenvalue weighted by atomic mass is 9.94. The van der Waals surface area contributed by atoms with Gasteiger partial charge in [0, 0.05) is 13.8 Å². The molecule has 0 aromatic rings. The molecular formula is C28H48N2O21. The summed E-state index contributed by atoms with van der Waals surface area (Å²) in [6, 6.07) is -3.05. The van der Waals surface area contributed by atoms with Crippen LogP contribution in [0.4, 0.5) is 0 Å². The number of carbonyl (C=O) groups excluding carboxylic acids is 2. The molecule has 4 fully saturated rings. The van der Waals surface area contributed by atoms with Crippen molar-refractivity contribution < 1.29 is 104 Å². The van der Waals surface area contributed by atoms with Crippen molar-refractivity contribution >= 4 is 11.8 Å². The fourth-order valence-corrected chi connectivity index (χ4v) is 6.35. The van der Waals surface area contributed by atoms with E-state index in [0.717, 1.165) is 13.8 Å². The van der Waals surface area contributed by atoms with E-state index in [0.29, 0.717) is 0 Å². The molecule has 0 aromatic carbocycles. The van der Waals surface area contributed by atoms with Crippen LogP contribution in [0.5, 0.6) is 0 Å². The van der Waals surface area contributed by atoms with Gasteiger partial charge in [-0.3, -0.25) is 9.59 Å². The molecule has 4 rings (SSSR count). The van der Waals surface area contributed by atoms with Crippen LogP contribution in [-0.2, 0) is 42.7 Å². The molecule has 20 atom stereocenters. The Bertz CT molecular complexity index is 1140. The maximum absolute atomic E-state index is 12.3. The zero-order valence-electron chi connectivity index (χ0n) is 27.4. The highest BCUT2D eigenvalue weighted by Crippen LogP contribution is 2.34. The molecule has 0 bridgehead atoms. The molecule has 23 heteroatoms. The summed E-state index contributed by atoms with van der Waals surface area (Å²) in [6.07, 6.45) is -31.4. The summed E-state index contributed by atoms with van der Waals surface area (Å²) in [6.45, 7) is -1.29. The van der Waals surface area contributed by atoms with Crippen molar-refractivity contribution in [3.05, 3.63) is 0 Å². The molecule has 0 saturated carbocycles. The van der Waals surface area contributed by atoms with Crippen molar-refractivity contribution in [2.24, 2.45) is 0 Å². The minimum Gasteiger partial charge on any atom is -0.394 e. The van der Waals surface area contributed by atoms with E-state index >= 15 is 0 Å². The van der Waals surface area contributed by atoms with Crippen LogP contribution in [0.2, 0.25) is 0 Å². The summed E-state index contributed by atoms with van der Waals surface area (Å²) in [4.78, 5) is 24.1. The molecule has 0 aliphatic carbocycles. The summed E-state index contributed by atoms with van der Waals surface area (Å²) < 4.78 is 39.3. The van der Waals surface area contributed by atoms with E-state index in [9.17, 15) is 70.9 Å².